The Labute approximate surface area is 168 Å². The van der Waals surface area contributed by atoms with Gasteiger partial charge < -0.3 is 9.47 Å². The van der Waals surface area contributed by atoms with Crippen LogP contribution < -0.4 is 0 Å². The van der Waals surface area contributed by atoms with Gasteiger partial charge in [0.25, 0.3) is 5.91 Å². The standard InChI is InChI=1S/C20H19F6N3O/c21-19(22,23)14-7-13(8-15(9-14)20(24,25)26)12-3-4-17-27-16(11-29(17)10-12)18(30)28-5-1-2-6-28/h7-9,11-12H,1-6,10H2. The van der Waals surface area contributed by atoms with E-state index in [2.05, 4.69) is 4.98 Å². The van der Waals surface area contributed by atoms with E-state index < -0.39 is 29.4 Å². The van der Waals surface area contributed by atoms with E-state index in [0.29, 0.717) is 31.8 Å². The maximum Gasteiger partial charge on any atom is 0.416 e. The zero-order chi connectivity index (χ0) is 21.7. The zero-order valence-corrected chi connectivity index (χ0v) is 15.9. The number of hydrogen-bond donors (Lipinski definition) is 0. The Balaban J connectivity index is 1.62. The average molecular weight is 431 g/mol. The van der Waals surface area contributed by atoms with Gasteiger partial charge in [-0.25, -0.2) is 4.98 Å². The average Bonchev–Trinajstić information content (AvgIpc) is 3.35. The number of nitrogens with zero attached hydrogens (tertiary/aromatic N) is 3. The molecule has 0 bridgehead atoms. The van der Waals surface area contributed by atoms with E-state index in [4.69, 9.17) is 0 Å². The highest BCUT2D eigenvalue weighted by molar-refractivity contribution is 5.92. The molecular weight excluding hydrogens is 412 g/mol. The topological polar surface area (TPSA) is 38.1 Å². The predicted octanol–water partition coefficient (Wildman–Crippen LogP) is 4.89. The molecule has 0 N–H and O–H groups in total. The van der Waals surface area contributed by atoms with Gasteiger partial charge in [-0.2, -0.15) is 26.3 Å². The summed E-state index contributed by atoms with van der Waals surface area (Å²) in [4.78, 5) is 18.6. The van der Waals surface area contributed by atoms with Crippen molar-refractivity contribution >= 4 is 5.91 Å². The van der Waals surface area contributed by atoms with Gasteiger partial charge in [0.05, 0.1) is 11.1 Å². The summed E-state index contributed by atoms with van der Waals surface area (Å²) in [7, 11) is 0. The second-order valence-corrected chi connectivity index (χ2v) is 7.77. The van der Waals surface area contributed by atoms with Crippen LogP contribution in [0.3, 0.4) is 0 Å². The fourth-order valence-electron chi connectivity index (χ4n) is 4.12. The van der Waals surface area contributed by atoms with Gasteiger partial charge in [0.2, 0.25) is 0 Å². The molecule has 0 radical (unpaired) electrons. The molecule has 2 aliphatic rings. The maximum atomic E-state index is 13.2. The number of halogens is 6. The minimum atomic E-state index is -4.87. The van der Waals surface area contributed by atoms with E-state index in [1.807, 2.05) is 0 Å². The molecular formula is C20H19F6N3O. The Kier molecular flexibility index (Phi) is 5.06. The summed E-state index contributed by atoms with van der Waals surface area (Å²) in [5.74, 6) is -0.106. The molecule has 0 aliphatic carbocycles. The molecule has 0 saturated carbocycles. The second kappa shape index (κ2) is 7.31. The van der Waals surface area contributed by atoms with Gasteiger partial charge in [-0.3, -0.25) is 4.79 Å². The van der Waals surface area contributed by atoms with E-state index in [0.717, 1.165) is 25.0 Å². The maximum absolute atomic E-state index is 13.2. The molecule has 1 atom stereocenters. The first-order valence-electron chi connectivity index (χ1n) is 9.67. The summed E-state index contributed by atoms with van der Waals surface area (Å²) in [6.45, 7) is 1.50. The quantitative estimate of drug-likeness (QED) is 0.636. The van der Waals surface area contributed by atoms with Crippen molar-refractivity contribution in [2.75, 3.05) is 13.1 Å². The fraction of sp³-hybridized carbons (Fsp3) is 0.500. The molecule has 1 aromatic heterocycles. The number of benzene rings is 1. The number of hydrogen-bond acceptors (Lipinski definition) is 2. The van der Waals surface area contributed by atoms with Gasteiger partial charge in [-0.05, 0) is 43.0 Å². The van der Waals surface area contributed by atoms with Crippen molar-refractivity contribution in [2.45, 2.75) is 50.5 Å². The number of carbonyl (C=O) groups excluding carboxylic acids is 1. The smallest absolute Gasteiger partial charge is 0.337 e. The van der Waals surface area contributed by atoms with Gasteiger partial charge in [0.15, 0.2) is 0 Å². The Morgan fingerprint density at radius 3 is 2.13 bits per heavy atom. The molecule has 1 unspecified atom stereocenters. The molecule has 0 spiro atoms. The monoisotopic (exact) mass is 431 g/mol. The third-order valence-corrected chi connectivity index (χ3v) is 5.69. The SMILES string of the molecule is O=C(c1cn2c(n1)CCC(c1cc(C(F)(F)F)cc(C(F)(F)F)c1)C2)N1CCCC1. The van der Waals surface area contributed by atoms with Crippen molar-refractivity contribution in [3.05, 3.63) is 52.6 Å². The van der Waals surface area contributed by atoms with E-state index in [1.54, 1.807) is 15.7 Å². The molecule has 3 heterocycles. The number of imidazole rings is 1. The van der Waals surface area contributed by atoms with Gasteiger partial charge >= 0.3 is 12.4 Å². The minimum absolute atomic E-state index is 0.0103. The highest BCUT2D eigenvalue weighted by Gasteiger charge is 2.38. The number of carbonyl (C=O) groups is 1. The van der Waals surface area contributed by atoms with E-state index in [-0.39, 0.29) is 29.8 Å². The normalized spacial score (nSPS) is 19.8. The third-order valence-electron chi connectivity index (χ3n) is 5.69. The number of alkyl halides is 6. The fourth-order valence-corrected chi connectivity index (χ4v) is 4.12. The van der Waals surface area contributed by atoms with E-state index >= 15 is 0 Å². The number of fused-ring (bicyclic) bond motifs is 1. The Morgan fingerprint density at radius 2 is 1.57 bits per heavy atom. The van der Waals surface area contributed by atoms with Crippen LogP contribution in [0.5, 0.6) is 0 Å². The van der Waals surface area contributed by atoms with E-state index in [9.17, 15) is 31.1 Å². The van der Waals surface area contributed by atoms with Gasteiger partial charge in [-0.1, -0.05) is 0 Å². The van der Waals surface area contributed by atoms with Gasteiger partial charge in [0, 0.05) is 38.2 Å². The highest BCUT2D eigenvalue weighted by Crippen LogP contribution is 2.39. The first-order valence-corrected chi connectivity index (χ1v) is 9.67. The van der Waals surface area contributed by atoms with Crippen LogP contribution in [0.15, 0.2) is 24.4 Å². The molecule has 2 aromatic rings. The van der Waals surface area contributed by atoms with Crippen molar-refractivity contribution in [1.82, 2.24) is 14.5 Å². The Bertz CT molecular complexity index is 924. The van der Waals surface area contributed by atoms with Crippen molar-refractivity contribution in [3.63, 3.8) is 0 Å². The largest absolute Gasteiger partial charge is 0.416 e. The number of likely N-dealkylation sites (tertiary alicyclic amines) is 1. The molecule has 2 aliphatic heterocycles. The molecule has 1 aromatic carbocycles. The number of aromatic nitrogens is 2. The zero-order valence-electron chi connectivity index (χ0n) is 15.9. The van der Waals surface area contributed by atoms with Crippen molar-refractivity contribution in [2.24, 2.45) is 0 Å². The summed E-state index contributed by atoms with van der Waals surface area (Å²) in [6.07, 6.45) is -5.61. The third kappa shape index (κ3) is 4.04. The molecule has 162 valence electrons. The van der Waals surface area contributed by atoms with Crippen molar-refractivity contribution in [3.8, 4) is 0 Å². The summed E-state index contributed by atoms with van der Waals surface area (Å²) >= 11 is 0. The van der Waals surface area contributed by atoms with Crippen LogP contribution in [-0.2, 0) is 25.3 Å². The number of rotatable bonds is 2. The first kappa shape index (κ1) is 20.7. The van der Waals surface area contributed by atoms with Crippen LogP contribution in [0.4, 0.5) is 26.3 Å². The number of amides is 1. The van der Waals surface area contributed by atoms with Crippen molar-refractivity contribution < 1.29 is 31.1 Å². The molecule has 1 fully saturated rings. The summed E-state index contributed by atoms with van der Waals surface area (Å²) in [5.41, 5.74) is -2.36. The predicted molar refractivity (Wildman–Crippen MR) is 94.9 cm³/mol. The van der Waals surface area contributed by atoms with Crippen LogP contribution in [0.25, 0.3) is 0 Å². The number of aryl methyl sites for hydroxylation is 1. The molecule has 4 nitrogen and oxygen atoms in total. The molecule has 4 rings (SSSR count). The summed E-state index contributed by atoms with van der Waals surface area (Å²) < 4.78 is 80.6. The minimum Gasteiger partial charge on any atom is -0.337 e. The van der Waals surface area contributed by atoms with Crippen LogP contribution in [0, 0.1) is 0 Å². The van der Waals surface area contributed by atoms with Crippen LogP contribution in [0.2, 0.25) is 0 Å². The van der Waals surface area contributed by atoms with Crippen LogP contribution >= 0.6 is 0 Å². The Hall–Kier alpha value is -2.52. The Morgan fingerprint density at radius 1 is 0.967 bits per heavy atom. The molecule has 10 heteroatoms. The second-order valence-electron chi connectivity index (χ2n) is 7.77. The van der Waals surface area contributed by atoms with Gasteiger partial charge in [0.1, 0.15) is 11.5 Å². The molecule has 1 amide bonds. The lowest BCUT2D eigenvalue weighted by Gasteiger charge is -2.25. The summed E-state index contributed by atoms with van der Waals surface area (Å²) in [6, 6.07) is 1.72. The lowest BCUT2D eigenvalue weighted by atomic mass is 9.89. The lowest BCUT2D eigenvalue weighted by Crippen LogP contribution is -2.27. The van der Waals surface area contributed by atoms with E-state index in [1.165, 1.54) is 0 Å². The molecule has 1 saturated heterocycles. The summed E-state index contributed by atoms with van der Waals surface area (Å²) in [5, 5.41) is 0. The first-order chi connectivity index (χ1) is 14.0. The van der Waals surface area contributed by atoms with Crippen molar-refractivity contribution in [1.29, 1.82) is 0 Å². The van der Waals surface area contributed by atoms with Crippen LogP contribution in [-0.4, -0.2) is 33.4 Å². The lowest BCUT2D eigenvalue weighted by molar-refractivity contribution is -0.143. The van der Waals surface area contributed by atoms with Crippen LogP contribution in [0.1, 0.15) is 58.2 Å². The van der Waals surface area contributed by atoms with Gasteiger partial charge in [-0.15, -0.1) is 0 Å². The molecule has 30 heavy (non-hydrogen) atoms. The highest BCUT2D eigenvalue weighted by atomic mass is 19.4.